The summed E-state index contributed by atoms with van der Waals surface area (Å²) in [6, 6.07) is 9.00. The van der Waals surface area contributed by atoms with Crippen molar-refractivity contribution >= 4 is 29.2 Å². The standard InChI is InChI=1S/C25H26N4O5/c1-15-17(16(2)27-23(32)18(15)13-26)9-10-22(31)34-14-21(30)29-20-8-4-3-7-19(20)28-24(33)25(29)11-5-6-12-25/h3-4,7-8H,5-6,9-12,14H2,1-2H3,(H,27,32)(H,28,33). The van der Waals surface area contributed by atoms with Gasteiger partial charge in [0.2, 0.25) is 0 Å². The number of ether oxygens (including phenoxy) is 1. The lowest BCUT2D eigenvalue weighted by Gasteiger charge is -2.44. The van der Waals surface area contributed by atoms with Gasteiger partial charge in [0.05, 0.1) is 11.4 Å². The van der Waals surface area contributed by atoms with Crippen LogP contribution in [0, 0.1) is 25.2 Å². The zero-order chi connectivity index (χ0) is 24.5. The summed E-state index contributed by atoms with van der Waals surface area (Å²) in [5, 5.41) is 12.1. The van der Waals surface area contributed by atoms with Crippen molar-refractivity contribution in [1.82, 2.24) is 4.98 Å². The van der Waals surface area contributed by atoms with Crippen molar-refractivity contribution in [1.29, 1.82) is 5.26 Å². The first-order valence-electron chi connectivity index (χ1n) is 11.3. The Morgan fingerprint density at radius 2 is 1.88 bits per heavy atom. The van der Waals surface area contributed by atoms with E-state index in [0.29, 0.717) is 41.0 Å². The molecule has 1 aliphatic carbocycles. The molecular weight excluding hydrogens is 436 g/mol. The minimum Gasteiger partial charge on any atom is -0.456 e. The molecule has 4 rings (SSSR count). The summed E-state index contributed by atoms with van der Waals surface area (Å²) in [7, 11) is 0. The van der Waals surface area contributed by atoms with Gasteiger partial charge in [0.15, 0.2) is 6.61 Å². The van der Waals surface area contributed by atoms with Gasteiger partial charge < -0.3 is 15.0 Å². The highest BCUT2D eigenvalue weighted by Crippen LogP contribution is 2.45. The maximum Gasteiger partial charge on any atom is 0.306 e. The first kappa shape index (κ1) is 23.2. The van der Waals surface area contributed by atoms with E-state index in [4.69, 9.17) is 4.74 Å². The van der Waals surface area contributed by atoms with Crippen LogP contribution in [-0.4, -0.2) is 34.9 Å². The topological polar surface area (TPSA) is 132 Å². The van der Waals surface area contributed by atoms with Gasteiger partial charge >= 0.3 is 5.97 Å². The zero-order valence-corrected chi connectivity index (χ0v) is 19.2. The lowest BCUT2D eigenvalue weighted by Crippen LogP contribution is -2.61. The molecule has 2 heterocycles. The molecule has 1 saturated carbocycles. The van der Waals surface area contributed by atoms with Crippen molar-refractivity contribution < 1.29 is 19.1 Å². The molecule has 1 aliphatic heterocycles. The number of nitriles is 1. The van der Waals surface area contributed by atoms with E-state index >= 15 is 0 Å². The SMILES string of the molecule is Cc1[nH]c(=O)c(C#N)c(C)c1CCC(=O)OCC(=O)N1c2ccccc2NC(=O)C12CCCC2. The normalized spacial score (nSPS) is 16.0. The first-order valence-corrected chi connectivity index (χ1v) is 11.3. The monoisotopic (exact) mass is 462 g/mol. The maximum absolute atomic E-state index is 13.3. The predicted molar refractivity (Wildman–Crippen MR) is 124 cm³/mol. The largest absolute Gasteiger partial charge is 0.456 e. The number of pyridine rings is 1. The van der Waals surface area contributed by atoms with Crippen molar-refractivity contribution in [2.75, 3.05) is 16.8 Å². The Hall–Kier alpha value is -3.93. The van der Waals surface area contributed by atoms with Gasteiger partial charge in [0.1, 0.15) is 17.2 Å². The summed E-state index contributed by atoms with van der Waals surface area (Å²) in [6.45, 7) is 2.90. The molecule has 0 bridgehead atoms. The second-order valence-electron chi connectivity index (χ2n) is 8.77. The number of aromatic amines is 1. The fraction of sp³-hybridized carbons (Fsp3) is 0.400. The summed E-state index contributed by atoms with van der Waals surface area (Å²) < 4.78 is 5.29. The van der Waals surface area contributed by atoms with Gasteiger partial charge in [0.25, 0.3) is 17.4 Å². The number of para-hydroxylation sites is 2. The Kier molecular flexibility index (Phi) is 6.24. The molecule has 0 radical (unpaired) electrons. The minimum atomic E-state index is -0.963. The second kappa shape index (κ2) is 9.14. The number of H-pyrrole nitrogens is 1. The molecule has 2 aromatic rings. The molecule has 1 aromatic heterocycles. The molecule has 0 saturated heterocycles. The molecule has 9 heteroatoms. The third-order valence-corrected chi connectivity index (χ3v) is 6.78. The van der Waals surface area contributed by atoms with Crippen LogP contribution >= 0.6 is 0 Å². The predicted octanol–water partition coefficient (Wildman–Crippen LogP) is 2.64. The highest BCUT2D eigenvalue weighted by atomic mass is 16.5. The van der Waals surface area contributed by atoms with E-state index in [-0.39, 0.29) is 24.3 Å². The van der Waals surface area contributed by atoms with Crippen LogP contribution in [0.25, 0.3) is 0 Å². The summed E-state index contributed by atoms with van der Waals surface area (Å²) in [4.78, 5) is 54.7. The molecule has 0 unspecified atom stereocenters. The molecule has 2 amide bonds. The van der Waals surface area contributed by atoms with Gasteiger partial charge in [-0.1, -0.05) is 25.0 Å². The summed E-state index contributed by atoms with van der Waals surface area (Å²) in [6.07, 6.45) is 3.02. The highest BCUT2D eigenvalue weighted by Gasteiger charge is 2.52. The fourth-order valence-electron chi connectivity index (χ4n) is 5.06. The number of fused-ring (bicyclic) bond motifs is 1. The Morgan fingerprint density at radius 1 is 1.18 bits per heavy atom. The van der Waals surface area contributed by atoms with Gasteiger partial charge in [0, 0.05) is 12.1 Å². The summed E-state index contributed by atoms with van der Waals surface area (Å²) >= 11 is 0. The van der Waals surface area contributed by atoms with Gasteiger partial charge in [-0.3, -0.25) is 24.1 Å². The lowest BCUT2D eigenvalue weighted by molar-refractivity contribution is -0.148. The van der Waals surface area contributed by atoms with Crippen molar-refractivity contribution in [2.24, 2.45) is 0 Å². The number of hydrogen-bond acceptors (Lipinski definition) is 6. The number of esters is 1. The number of anilines is 2. The van der Waals surface area contributed by atoms with Gasteiger partial charge in [-0.05, 0) is 56.4 Å². The molecular formula is C25H26N4O5. The number of hydrogen-bond donors (Lipinski definition) is 2. The molecule has 176 valence electrons. The lowest BCUT2D eigenvalue weighted by atomic mass is 9.90. The van der Waals surface area contributed by atoms with Crippen LogP contribution < -0.4 is 15.8 Å². The molecule has 34 heavy (non-hydrogen) atoms. The van der Waals surface area contributed by atoms with Crippen LogP contribution in [0.4, 0.5) is 11.4 Å². The molecule has 0 atom stereocenters. The number of carbonyl (C=O) groups is 3. The Morgan fingerprint density at radius 3 is 2.59 bits per heavy atom. The molecule has 1 spiro atoms. The number of amides is 2. The van der Waals surface area contributed by atoms with E-state index < -0.39 is 29.6 Å². The quantitative estimate of drug-likeness (QED) is 0.657. The fourth-order valence-corrected chi connectivity index (χ4v) is 5.06. The molecule has 1 aromatic carbocycles. The second-order valence-corrected chi connectivity index (χ2v) is 8.77. The minimum absolute atomic E-state index is 0.0198. The Labute approximate surface area is 196 Å². The van der Waals surface area contributed by atoms with Crippen molar-refractivity contribution in [3.63, 3.8) is 0 Å². The van der Waals surface area contributed by atoms with E-state index in [0.717, 1.165) is 12.8 Å². The van der Waals surface area contributed by atoms with Crippen LogP contribution in [0.5, 0.6) is 0 Å². The van der Waals surface area contributed by atoms with Crippen LogP contribution in [0.2, 0.25) is 0 Å². The summed E-state index contributed by atoms with van der Waals surface area (Å²) in [5.41, 5.74) is 1.59. The summed E-state index contributed by atoms with van der Waals surface area (Å²) in [5.74, 6) is -1.23. The van der Waals surface area contributed by atoms with Crippen molar-refractivity contribution in [3.8, 4) is 6.07 Å². The number of nitrogens with zero attached hydrogens (tertiary/aromatic N) is 2. The number of aryl methyl sites for hydroxylation is 1. The molecule has 2 aliphatic rings. The molecule has 2 N–H and O–H groups in total. The maximum atomic E-state index is 13.3. The van der Waals surface area contributed by atoms with Gasteiger partial charge in [-0.25, -0.2) is 0 Å². The van der Waals surface area contributed by atoms with Crippen molar-refractivity contribution in [3.05, 3.63) is 57.0 Å². The van der Waals surface area contributed by atoms with Crippen LogP contribution in [-0.2, 0) is 25.5 Å². The number of rotatable bonds is 5. The number of benzene rings is 1. The molecule has 9 nitrogen and oxygen atoms in total. The highest BCUT2D eigenvalue weighted by molar-refractivity contribution is 6.15. The first-order chi connectivity index (χ1) is 16.3. The zero-order valence-electron chi connectivity index (χ0n) is 19.2. The van der Waals surface area contributed by atoms with Crippen LogP contribution in [0.1, 0.15) is 54.5 Å². The van der Waals surface area contributed by atoms with Crippen LogP contribution in [0.15, 0.2) is 29.1 Å². The smallest absolute Gasteiger partial charge is 0.306 e. The van der Waals surface area contributed by atoms with Gasteiger partial charge in [-0.2, -0.15) is 5.26 Å². The number of aromatic nitrogens is 1. The van der Waals surface area contributed by atoms with Gasteiger partial charge in [-0.15, -0.1) is 0 Å². The van der Waals surface area contributed by atoms with E-state index in [2.05, 4.69) is 10.3 Å². The van der Waals surface area contributed by atoms with E-state index in [1.807, 2.05) is 6.07 Å². The average Bonchev–Trinajstić information content (AvgIpc) is 3.28. The van der Waals surface area contributed by atoms with Crippen LogP contribution in [0.3, 0.4) is 0 Å². The number of nitrogens with one attached hydrogen (secondary N) is 2. The average molecular weight is 463 g/mol. The van der Waals surface area contributed by atoms with E-state index in [1.165, 1.54) is 4.90 Å². The third-order valence-electron chi connectivity index (χ3n) is 6.78. The molecule has 1 fully saturated rings. The number of carbonyl (C=O) groups excluding carboxylic acids is 3. The van der Waals surface area contributed by atoms with E-state index in [9.17, 15) is 24.4 Å². The third kappa shape index (κ3) is 3.96. The van der Waals surface area contributed by atoms with E-state index in [1.54, 1.807) is 38.1 Å². The van der Waals surface area contributed by atoms with Crippen molar-refractivity contribution in [2.45, 2.75) is 57.9 Å². The Balaban J connectivity index is 1.46. The Bertz CT molecular complexity index is 1270.